The largest absolute Gasteiger partial charge is 0.317 e. The number of hydrogen-bond donors (Lipinski definition) is 1. The molecule has 0 bridgehead atoms. The van der Waals surface area contributed by atoms with Gasteiger partial charge in [-0.25, -0.2) is 0 Å². The number of nitrogens with one attached hydrogen (secondary N) is 1. The molecule has 1 N–H and O–H groups in total. The van der Waals surface area contributed by atoms with E-state index in [0.717, 1.165) is 6.04 Å². The highest BCUT2D eigenvalue weighted by atomic mass is 14.9. The Bertz CT molecular complexity index is 182. The predicted molar refractivity (Wildman–Crippen MR) is 107 cm³/mol. The number of rotatable bonds is 19. The summed E-state index contributed by atoms with van der Waals surface area (Å²) >= 11 is 0. The maximum atomic E-state index is 3.54. The molecule has 0 spiro atoms. The van der Waals surface area contributed by atoms with E-state index in [1.54, 1.807) is 0 Å². The van der Waals surface area contributed by atoms with E-state index in [2.05, 4.69) is 26.2 Å². The summed E-state index contributed by atoms with van der Waals surface area (Å²) in [5.74, 6) is 0. The van der Waals surface area contributed by atoms with Crippen LogP contribution in [0, 0.1) is 0 Å². The van der Waals surface area contributed by atoms with Crippen LogP contribution in [0.1, 0.15) is 129 Å². The van der Waals surface area contributed by atoms with Gasteiger partial charge in [-0.3, -0.25) is 0 Å². The Morgan fingerprint density at radius 2 is 0.783 bits per heavy atom. The van der Waals surface area contributed by atoms with Gasteiger partial charge in [-0.15, -0.1) is 0 Å². The second-order valence-electron chi connectivity index (χ2n) is 7.51. The van der Waals surface area contributed by atoms with Crippen LogP contribution in [-0.4, -0.2) is 13.1 Å². The van der Waals surface area contributed by atoms with E-state index >= 15 is 0 Å². The molecular formula is C22H47N. The van der Waals surface area contributed by atoms with Crippen LogP contribution in [0.4, 0.5) is 0 Å². The summed E-state index contributed by atoms with van der Waals surface area (Å²) in [5.41, 5.74) is 0. The molecule has 140 valence electrons. The second kappa shape index (κ2) is 20.0. The first-order valence-electron chi connectivity index (χ1n) is 11.0. The minimum Gasteiger partial charge on any atom is -0.317 e. The van der Waals surface area contributed by atoms with Crippen LogP contribution in [0.25, 0.3) is 0 Å². The molecule has 1 heteroatoms. The third-order valence-electron chi connectivity index (χ3n) is 5.22. The maximum Gasteiger partial charge on any atom is 0.00640 e. The fraction of sp³-hybridized carbons (Fsp3) is 1.00. The smallest absolute Gasteiger partial charge is 0.00640 e. The zero-order valence-electron chi connectivity index (χ0n) is 16.8. The molecule has 0 aromatic carbocycles. The van der Waals surface area contributed by atoms with Gasteiger partial charge in [0.05, 0.1) is 0 Å². The highest BCUT2D eigenvalue weighted by Crippen LogP contribution is 2.15. The van der Waals surface area contributed by atoms with Gasteiger partial charge in [-0.2, -0.15) is 0 Å². The van der Waals surface area contributed by atoms with Crippen LogP contribution in [0.2, 0.25) is 0 Å². The average molecular weight is 326 g/mol. The minimum atomic E-state index is 0.773. The minimum absolute atomic E-state index is 0.773. The maximum absolute atomic E-state index is 3.54. The molecule has 0 aliphatic rings. The van der Waals surface area contributed by atoms with Gasteiger partial charge < -0.3 is 5.32 Å². The van der Waals surface area contributed by atoms with E-state index in [1.165, 1.54) is 116 Å². The average Bonchev–Trinajstić information content (AvgIpc) is 2.57. The van der Waals surface area contributed by atoms with Crippen molar-refractivity contribution < 1.29 is 0 Å². The summed E-state index contributed by atoms with van der Waals surface area (Å²) in [6.45, 7) is 4.59. The molecule has 23 heavy (non-hydrogen) atoms. The molecule has 0 aromatic heterocycles. The van der Waals surface area contributed by atoms with Crippen molar-refractivity contribution >= 4 is 0 Å². The third kappa shape index (κ3) is 18.1. The Morgan fingerprint density at radius 1 is 0.478 bits per heavy atom. The Balaban J connectivity index is 3.29. The first-order chi connectivity index (χ1) is 11.3. The molecule has 0 radical (unpaired) electrons. The van der Waals surface area contributed by atoms with Crippen LogP contribution in [0.15, 0.2) is 0 Å². The van der Waals surface area contributed by atoms with Crippen molar-refractivity contribution in [1.82, 2.24) is 5.32 Å². The van der Waals surface area contributed by atoms with Gasteiger partial charge in [0.2, 0.25) is 0 Å². The monoisotopic (exact) mass is 325 g/mol. The van der Waals surface area contributed by atoms with E-state index in [0.29, 0.717) is 0 Å². The quantitative estimate of drug-likeness (QED) is 0.241. The lowest BCUT2D eigenvalue weighted by atomic mass is 10.00. The van der Waals surface area contributed by atoms with Crippen molar-refractivity contribution in [3.8, 4) is 0 Å². The van der Waals surface area contributed by atoms with Gasteiger partial charge in [-0.05, 0) is 19.9 Å². The molecule has 0 aliphatic heterocycles. The lowest BCUT2D eigenvalue weighted by Crippen LogP contribution is -2.24. The van der Waals surface area contributed by atoms with E-state index in [4.69, 9.17) is 0 Å². The van der Waals surface area contributed by atoms with Crippen molar-refractivity contribution in [2.75, 3.05) is 7.05 Å². The lowest BCUT2D eigenvalue weighted by molar-refractivity contribution is 0.434. The molecule has 0 aromatic rings. The van der Waals surface area contributed by atoms with E-state index in [9.17, 15) is 0 Å². The van der Waals surface area contributed by atoms with Crippen LogP contribution >= 0.6 is 0 Å². The molecule has 0 fully saturated rings. The summed E-state index contributed by atoms with van der Waals surface area (Å²) in [4.78, 5) is 0. The topological polar surface area (TPSA) is 12.0 Å². The van der Waals surface area contributed by atoms with E-state index in [1.807, 2.05) is 0 Å². The summed E-state index contributed by atoms with van der Waals surface area (Å²) in [7, 11) is 2.15. The highest BCUT2D eigenvalue weighted by Gasteiger charge is 2.05. The Kier molecular flexibility index (Phi) is 20.0. The first-order valence-corrected chi connectivity index (χ1v) is 11.0. The van der Waals surface area contributed by atoms with Gasteiger partial charge in [0.25, 0.3) is 0 Å². The summed E-state index contributed by atoms with van der Waals surface area (Å²) in [6.07, 6.45) is 25.8. The van der Waals surface area contributed by atoms with Gasteiger partial charge in [0.15, 0.2) is 0 Å². The van der Waals surface area contributed by atoms with Crippen molar-refractivity contribution in [3.63, 3.8) is 0 Å². The molecule has 0 saturated carbocycles. The van der Waals surface area contributed by atoms with Gasteiger partial charge in [0, 0.05) is 6.04 Å². The molecule has 0 rings (SSSR count). The summed E-state index contributed by atoms with van der Waals surface area (Å²) in [6, 6.07) is 0.773. The molecule has 0 heterocycles. The predicted octanol–water partition coefficient (Wildman–Crippen LogP) is 7.64. The third-order valence-corrected chi connectivity index (χ3v) is 5.22. The van der Waals surface area contributed by atoms with Gasteiger partial charge in [-0.1, -0.05) is 117 Å². The highest BCUT2D eigenvalue weighted by molar-refractivity contribution is 4.65. The SMILES string of the molecule is CCCCCCCCCCC(CCCCCCCCCC)NC. The van der Waals surface area contributed by atoms with Crippen LogP contribution in [0.5, 0.6) is 0 Å². The molecule has 0 aliphatic carbocycles. The molecule has 0 unspecified atom stereocenters. The molecule has 0 amide bonds. The van der Waals surface area contributed by atoms with E-state index < -0.39 is 0 Å². The first kappa shape index (κ1) is 23.0. The van der Waals surface area contributed by atoms with E-state index in [-0.39, 0.29) is 0 Å². The van der Waals surface area contributed by atoms with Gasteiger partial charge in [0.1, 0.15) is 0 Å². The Hall–Kier alpha value is -0.0400. The number of hydrogen-bond acceptors (Lipinski definition) is 1. The van der Waals surface area contributed by atoms with Crippen LogP contribution in [-0.2, 0) is 0 Å². The number of unbranched alkanes of at least 4 members (excludes halogenated alkanes) is 14. The van der Waals surface area contributed by atoms with Gasteiger partial charge >= 0.3 is 0 Å². The molecule has 0 atom stereocenters. The standard InChI is InChI=1S/C22H47N/c1-4-6-8-10-12-14-16-18-20-22(23-3)21-19-17-15-13-11-9-7-5-2/h22-23H,4-21H2,1-3H3. The fourth-order valence-corrected chi connectivity index (χ4v) is 3.48. The summed E-state index contributed by atoms with van der Waals surface area (Å²) in [5, 5.41) is 3.54. The Morgan fingerprint density at radius 3 is 1.09 bits per heavy atom. The zero-order chi connectivity index (χ0) is 17.0. The van der Waals surface area contributed by atoms with Crippen molar-refractivity contribution in [2.24, 2.45) is 0 Å². The normalized spacial score (nSPS) is 11.5. The van der Waals surface area contributed by atoms with Crippen LogP contribution < -0.4 is 5.32 Å². The zero-order valence-corrected chi connectivity index (χ0v) is 16.8. The fourth-order valence-electron chi connectivity index (χ4n) is 3.48. The second-order valence-corrected chi connectivity index (χ2v) is 7.51. The Labute approximate surface area is 148 Å². The molecule has 0 saturated heterocycles. The summed E-state index contributed by atoms with van der Waals surface area (Å²) < 4.78 is 0. The molecule has 1 nitrogen and oxygen atoms in total. The van der Waals surface area contributed by atoms with Crippen molar-refractivity contribution in [1.29, 1.82) is 0 Å². The molecular weight excluding hydrogens is 278 g/mol. The lowest BCUT2D eigenvalue weighted by Gasteiger charge is -2.16. The van der Waals surface area contributed by atoms with Crippen molar-refractivity contribution in [2.45, 2.75) is 135 Å². The van der Waals surface area contributed by atoms with Crippen molar-refractivity contribution in [3.05, 3.63) is 0 Å². The van der Waals surface area contributed by atoms with Crippen LogP contribution in [0.3, 0.4) is 0 Å².